The first-order chi connectivity index (χ1) is 13.8. The summed E-state index contributed by atoms with van der Waals surface area (Å²) in [5.41, 5.74) is 0.270. The maximum absolute atomic E-state index is 12.5. The van der Waals surface area contributed by atoms with Gasteiger partial charge in [-0.25, -0.2) is 0 Å². The molecule has 2 aromatic rings. The molecular weight excluding hydrogens is 466 g/mol. The minimum absolute atomic E-state index is 0.0179. The van der Waals surface area contributed by atoms with Gasteiger partial charge in [-0.2, -0.15) is 5.26 Å². The first kappa shape index (κ1) is 22.2. The number of nitrogens with zero attached hydrogens (tertiary/aromatic N) is 2. The number of ether oxygens (including phenoxy) is 2. The molecule has 150 valence electrons. The van der Waals surface area contributed by atoms with Gasteiger partial charge in [-0.05, 0) is 52.7 Å². The zero-order chi connectivity index (χ0) is 21.6. The van der Waals surface area contributed by atoms with Crippen LogP contribution in [0.5, 0.6) is 11.5 Å². The molecule has 1 N–H and O–H groups in total. The molecule has 8 nitrogen and oxygen atoms in total. The molecule has 29 heavy (non-hydrogen) atoms. The number of rotatable bonds is 7. The van der Waals surface area contributed by atoms with Gasteiger partial charge < -0.3 is 14.8 Å². The molecule has 0 aliphatic heterocycles. The monoisotopic (exact) mass is 479 g/mol. The highest BCUT2D eigenvalue weighted by molar-refractivity contribution is 9.10. The zero-order valence-electron chi connectivity index (χ0n) is 15.4. The van der Waals surface area contributed by atoms with E-state index in [4.69, 9.17) is 21.1 Å². The van der Waals surface area contributed by atoms with Gasteiger partial charge in [-0.1, -0.05) is 11.6 Å². The number of carbonyl (C=O) groups excluding carboxylic acids is 1. The van der Waals surface area contributed by atoms with Crippen LogP contribution in [0.3, 0.4) is 0 Å². The smallest absolute Gasteiger partial charge is 0.271 e. The molecule has 0 aliphatic rings. The molecule has 0 aromatic heterocycles. The molecule has 0 saturated heterocycles. The van der Waals surface area contributed by atoms with Crippen LogP contribution >= 0.6 is 27.5 Å². The van der Waals surface area contributed by atoms with Crippen molar-refractivity contribution in [3.63, 3.8) is 0 Å². The van der Waals surface area contributed by atoms with E-state index in [-0.39, 0.29) is 22.0 Å². The second-order valence-electron chi connectivity index (χ2n) is 5.51. The summed E-state index contributed by atoms with van der Waals surface area (Å²) >= 11 is 9.35. The van der Waals surface area contributed by atoms with Gasteiger partial charge in [0.2, 0.25) is 0 Å². The van der Waals surface area contributed by atoms with Crippen LogP contribution in [0.4, 0.5) is 11.4 Å². The second kappa shape index (κ2) is 9.91. The molecule has 0 unspecified atom stereocenters. The van der Waals surface area contributed by atoms with Gasteiger partial charge in [0, 0.05) is 12.1 Å². The number of nitro benzene ring substituents is 1. The summed E-state index contributed by atoms with van der Waals surface area (Å²) in [7, 11) is 1.50. The van der Waals surface area contributed by atoms with Crippen LogP contribution in [0.25, 0.3) is 6.08 Å². The Bertz CT molecular complexity index is 1030. The number of nitro groups is 1. The van der Waals surface area contributed by atoms with Crippen molar-refractivity contribution in [2.24, 2.45) is 0 Å². The van der Waals surface area contributed by atoms with E-state index in [1.165, 1.54) is 25.3 Å². The number of hydrogen-bond acceptors (Lipinski definition) is 6. The predicted molar refractivity (Wildman–Crippen MR) is 112 cm³/mol. The fraction of sp³-hybridized carbons (Fsp3) is 0.158. The number of carbonyl (C=O) groups is 1. The van der Waals surface area contributed by atoms with E-state index in [9.17, 15) is 20.2 Å². The molecule has 0 fully saturated rings. The third-order valence-electron chi connectivity index (χ3n) is 3.62. The quantitative estimate of drug-likeness (QED) is 0.259. The average molecular weight is 481 g/mol. The third-order valence-corrected chi connectivity index (χ3v) is 4.53. The minimum atomic E-state index is -0.715. The van der Waals surface area contributed by atoms with Crippen LogP contribution in [-0.2, 0) is 4.79 Å². The van der Waals surface area contributed by atoms with Gasteiger partial charge in [0.15, 0.2) is 11.5 Å². The highest BCUT2D eigenvalue weighted by atomic mass is 79.9. The van der Waals surface area contributed by atoms with Crippen molar-refractivity contribution in [3.05, 3.63) is 61.1 Å². The van der Waals surface area contributed by atoms with Crippen molar-refractivity contribution < 1.29 is 19.2 Å². The van der Waals surface area contributed by atoms with E-state index in [0.29, 0.717) is 28.1 Å². The Morgan fingerprint density at radius 2 is 2.14 bits per heavy atom. The van der Waals surface area contributed by atoms with E-state index >= 15 is 0 Å². The SMILES string of the molecule is CCOc1cc(/C=C(/C#N)C(=O)Nc2ccc([N+](=O)[O-])cc2Cl)cc(Br)c1OC. The Morgan fingerprint density at radius 3 is 2.69 bits per heavy atom. The molecule has 0 atom stereocenters. The van der Waals surface area contributed by atoms with E-state index < -0.39 is 10.8 Å². The van der Waals surface area contributed by atoms with Crippen molar-refractivity contribution in [3.8, 4) is 17.6 Å². The molecule has 0 bridgehead atoms. The van der Waals surface area contributed by atoms with Crippen LogP contribution in [0, 0.1) is 21.4 Å². The Kier molecular flexibility index (Phi) is 7.59. The number of nitriles is 1. The summed E-state index contributed by atoms with van der Waals surface area (Å²) in [6, 6.07) is 8.75. The summed E-state index contributed by atoms with van der Waals surface area (Å²) in [5, 5.41) is 22.6. The lowest BCUT2D eigenvalue weighted by Crippen LogP contribution is -2.13. The first-order valence-electron chi connectivity index (χ1n) is 8.18. The summed E-state index contributed by atoms with van der Waals surface area (Å²) in [6.45, 7) is 2.22. The first-order valence-corrected chi connectivity index (χ1v) is 9.35. The molecule has 0 aliphatic carbocycles. The lowest BCUT2D eigenvalue weighted by molar-refractivity contribution is -0.384. The Morgan fingerprint density at radius 1 is 1.41 bits per heavy atom. The number of halogens is 2. The molecule has 2 aromatic carbocycles. The number of hydrogen-bond donors (Lipinski definition) is 1. The molecule has 0 radical (unpaired) electrons. The van der Waals surface area contributed by atoms with E-state index in [0.717, 1.165) is 6.07 Å². The van der Waals surface area contributed by atoms with Gasteiger partial charge >= 0.3 is 0 Å². The van der Waals surface area contributed by atoms with Gasteiger partial charge in [0.25, 0.3) is 11.6 Å². The van der Waals surface area contributed by atoms with Crippen LogP contribution in [-0.4, -0.2) is 24.5 Å². The second-order valence-corrected chi connectivity index (χ2v) is 6.77. The normalized spacial score (nSPS) is 10.8. The number of non-ortho nitro benzene ring substituents is 1. The van der Waals surface area contributed by atoms with Gasteiger partial charge in [0.1, 0.15) is 11.6 Å². The average Bonchev–Trinajstić information content (AvgIpc) is 2.67. The molecule has 1 amide bonds. The van der Waals surface area contributed by atoms with Crippen LogP contribution in [0.1, 0.15) is 12.5 Å². The minimum Gasteiger partial charge on any atom is -0.492 e. The Hall–Kier alpha value is -3.09. The molecular formula is C19H15BrClN3O5. The van der Waals surface area contributed by atoms with Crippen molar-refractivity contribution in [1.82, 2.24) is 0 Å². The topological polar surface area (TPSA) is 114 Å². The van der Waals surface area contributed by atoms with Gasteiger partial charge in [-0.15, -0.1) is 0 Å². The maximum atomic E-state index is 12.5. The summed E-state index contributed by atoms with van der Waals surface area (Å²) < 4.78 is 11.4. The number of nitrogens with one attached hydrogen (secondary N) is 1. The highest BCUT2D eigenvalue weighted by Crippen LogP contribution is 2.37. The largest absolute Gasteiger partial charge is 0.492 e. The van der Waals surface area contributed by atoms with Crippen molar-refractivity contribution in [1.29, 1.82) is 5.26 Å². The lowest BCUT2D eigenvalue weighted by atomic mass is 10.1. The molecule has 2 rings (SSSR count). The third kappa shape index (κ3) is 5.47. The number of anilines is 1. The fourth-order valence-electron chi connectivity index (χ4n) is 2.36. The lowest BCUT2D eigenvalue weighted by Gasteiger charge is -2.12. The summed E-state index contributed by atoms with van der Waals surface area (Å²) in [4.78, 5) is 22.7. The number of benzene rings is 2. The van der Waals surface area contributed by atoms with Crippen LogP contribution in [0.15, 0.2) is 40.4 Å². The predicted octanol–water partition coefficient (Wildman–Crippen LogP) is 4.96. The van der Waals surface area contributed by atoms with Crippen molar-refractivity contribution in [2.75, 3.05) is 19.0 Å². The van der Waals surface area contributed by atoms with E-state index in [2.05, 4.69) is 21.2 Å². The van der Waals surface area contributed by atoms with Crippen molar-refractivity contribution in [2.45, 2.75) is 6.92 Å². The Labute approximate surface area is 180 Å². The van der Waals surface area contributed by atoms with E-state index in [1.54, 1.807) is 12.1 Å². The Balaban J connectivity index is 2.33. The number of methoxy groups -OCH3 is 1. The molecule has 0 saturated carbocycles. The molecule has 0 spiro atoms. The van der Waals surface area contributed by atoms with Crippen LogP contribution in [0.2, 0.25) is 5.02 Å². The maximum Gasteiger partial charge on any atom is 0.271 e. The highest BCUT2D eigenvalue weighted by Gasteiger charge is 2.16. The summed E-state index contributed by atoms with van der Waals surface area (Å²) in [6.07, 6.45) is 1.38. The zero-order valence-corrected chi connectivity index (χ0v) is 17.7. The molecule has 0 heterocycles. The fourth-order valence-corrected chi connectivity index (χ4v) is 3.20. The summed E-state index contributed by atoms with van der Waals surface area (Å²) in [5.74, 6) is 0.226. The van der Waals surface area contributed by atoms with Gasteiger partial charge in [0.05, 0.1) is 33.8 Å². The number of amides is 1. The van der Waals surface area contributed by atoms with Crippen LogP contribution < -0.4 is 14.8 Å². The van der Waals surface area contributed by atoms with E-state index in [1.807, 2.05) is 13.0 Å². The molecule has 10 heteroatoms. The van der Waals surface area contributed by atoms with Crippen molar-refractivity contribution >= 4 is 50.9 Å². The van der Waals surface area contributed by atoms with Gasteiger partial charge in [-0.3, -0.25) is 14.9 Å². The standard InChI is InChI=1S/C19H15BrClN3O5/c1-3-29-17-8-11(7-14(20)18(17)28-2)6-12(10-22)19(25)23-16-5-4-13(24(26)27)9-15(16)21/h4-9H,3H2,1-2H3,(H,23,25)/b12-6-.